The van der Waals surface area contributed by atoms with Gasteiger partial charge in [-0.3, -0.25) is 10.1 Å². The van der Waals surface area contributed by atoms with Gasteiger partial charge in [0.1, 0.15) is 5.76 Å². The topological polar surface area (TPSA) is 68.3 Å². The third kappa shape index (κ3) is 3.32. The molecule has 0 unspecified atom stereocenters. The van der Waals surface area contributed by atoms with Crippen molar-refractivity contribution in [3.8, 4) is 0 Å². The fourth-order valence-electron chi connectivity index (χ4n) is 1.56. The second kappa shape index (κ2) is 5.66. The molecular formula is C12H11ClN2O3. The van der Waals surface area contributed by atoms with Crippen molar-refractivity contribution in [1.82, 2.24) is 5.32 Å². The first-order valence-electron chi connectivity index (χ1n) is 5.33. The molecule has 0 atom stereocenters. The molecule has 5 nitrogen and oxygen atoms in total. The number of benzene rings is 1. The van der Waals surface area contributed by atoms with Crippen molar-refractivity contribution in [3.05, 3.63) is 63.1 Å². The lowest BCUT2D eigenvalue weighted by molar-refractivity contribution is -0.384. The first kappa shape index (κ1) is 12.6. The Hall–Kier alpha value is -1.85. The highest BCUT2D eigenvalue weighted by molar-refractivity contribution is 6.28. The van der Waals surface area contributed by atoms with Gasteiger partial charge in [-0.1, -0.05) is 12.1 Å². The summed E-state index contributed by atoms with van der Waals surface area (Å²) in [5.41, 5.74) is 0.942. The van der Waals surface area contributed by atoms with Crippen molar-refractivity contribution >= 4 is 17.3 Å². The van der Waals surface area contributed by atoms with Crippen LogP contribution in [0.3, 0.4) is 0 Å². The summed E-state index contributed by atoms with van der Waals surface area (Å²) in [4.78, 5) is 10.2. The lowest BCUT2D eigenvalue weighted by Gasteiger charge is -2.02. The summed E-state index contributed by atoms with van der Waals surface area (Å²) in [7, 11) is 0. The molecule has 1 N–H and O–H groups in total. The Balaban J connectivity index is 1.90. The summed E-state index contributed by atoms with van der Waals surface area (Å²) >= 11 is 5.64. The number of hydrogen-bond donors (Lipinski definition) is 1. The van der Waals surface area contributed by atoms with Crippen LogP contribution in [0.1, 0.15) is 11.3 Å². The van der Waals surface area contributed by atoms with Crippen molar-refractivity contribution in [2.75, 3.05) is 0 Å². The van der Waals surface area contributed by atoms with Gasteiger partial charge in [-0.05, 0) is 29.3 Å². The standard InChI is InChI=1S/C12H11ClN2O3/c13-12-5-4-11(18-12)8-14-7-9-2-1-3-10(6-9)15(16)17/h1-6,14H,7-8H2. The van der Waals surface area contributed by atoms with Crippen LogP contribution in [0, 0.1) is 10.1 Å². The maximum atomic E-state index is 10.6. The smallest absolute Gasteiger partial charge is 0.269 e. The minimum absolute atomic E-state index is 0.0929. The van der Waals surface area contributed by atoms with Gasteiger partial charge in [0, 0.05) is 18.7 Å². The van der Waals surface area contributed by atoms with Gasteiger partial charge in [0.2, 0.25) is 0 Å². The van der Waals surface area contributed by atoms with Gasteiger partial charge < -0.3 is 9.73 Å². The number of rotatable bonds is 5. The van der Waals surface area contributed by atoms with Crippen molar-refractivity contribution in [2.45, 2.75) is 13.1 Å². The maximum Gasteiger partial charge on any atom is 0.269 e. The molecule has 1 aromatic heterocycles. The third-order valence-electron chi connectivity index (χ3n) is 2.38. The van der Waals surface area contributed by atoms with Crippen LogP contribution in [-0.4, -0.2) is 4.92 Å². The summed E-state index contributed by atoms with van der Waals surface area (Å²) in [6.45, 7) is 1.05. The molecule has 2 aromatic rings. The Morgan fingerprint density at radius 2 is 2.11 bits per heavy atom. The molecule has 1 aromatic carbocycles. The molecule has 0 fully saturated rings. The number of nitro groups is 1. The lowest BCUT2D eigenvalue weighted by atomic mass is 10.2. The number of non-ortho nitro benzene ring substituents is 1. The zero-order valence-electron chi connectivity index (χ0n) is 9.43. The summed E-state index contributed by atoms with van der Waals surface area (Å²) in [6.07, 6.45) is 0. The Morgan fingerprint density at radius 1 is 1.28 bits per heavy atom. The zero-order valence-corrected chi connectivity index (χ0v) is 10.2. The summed E-state index contributed by atoms with van der Waals surface area (Å²) in [6, 6.07) is 9.96. The molecule has 0 radical (unpaired) electrons. The molecule has 18 heavy (non-hydrogen) atoms. The molecule has 0 saturated heterocycles. The average molecular weight is 267 g/mol. The van der Waals surface area contributed by atoms with E-state index in [0.29, 0.717) is 18.3 Å². The van der Waals surface area contributed by atoms with E-state index in [4.69, 9.17) is 16.0 Å². The van der Waals surface area contributed by atoms with Crippen LogP contribution in [-0.2, 0) is 13.1 Å². The zero-order chi connectivity index (χ0) is 13.0. The van der Waals surface area contributed by atoms with Gasteiger partial charge in [0.25, 0.3) is 5.69 Å². The Bertz CT molecular complexity index is 554. The molecule has 0 aliphatic carbocycles. The van der Waals surface area contributed by atoms with E-state index in [-0.39, 0.29) is 5.69 Å². The van der Waals surface area contributed by atoms with E-state index in [2.05, 4.69) is 5.32 Å². The highest BCUT2D eigenvalue weighted by Gasteiger charge is 2.05. The highest BCUT2D eigenvalue weighted by atomic mass is 35.5. The van der Waals surface area contributed by atoms with Crippen LogP contribution in [0.5, 0.6) is 0 Å². The second-order valence-electron chi connectivity index (χ2n) is 3.74. The van der Waals surface area contributed by atoms with E-state index in [9.17, 15) is 10.1 Å². The molecule has 0 amide bonds. The Morgan fingerprint density at radius 3 is 2.78 bits per heavy atom. The van der Waals surface area contributed by atoms with E-state index in [0.717, 1.165) is 11.3 Å². The van der Waals surface area contributed by atoms with Gasteiger partial charge in [0.15, 0.2) is 5.22 Å². The molecule has 0 saturated carbocycles. The van der Waals surface area contributed by atoms with Crippen LogP contribution in [0.2, 0.25) is 5.22 Å². The molecule has 6 heteroatoms. The van der Waals surface area contributed by atoms with Crippen LogP contribution >= 0.6 is 11.6 Å². The van der Waals surface area contributed by atoms with Gasteiger partial charge in [-0.15, -0.1) is 0 Å². The van der Waals surface area contributed by atoms with E-state index in [1.165, 1.54) is 6.07 Å². The first-order chi connectivity index (χ1) is 8.65. The monoisotopic (exact) mass is 266 g/mol. The second-order valence-corrected chi connectivity index (χ2v) is 4.11. The van der Waals surface area contributed by atoms with Crippen molar-refractivity contribution in [3.63, 3.8) is 0 Å². The van der Waals surface area contributed by atoms with Crippen LogP contribution < -0.4 is 5.32 Å². The minimum Gasteiger partial charge on any atom is -0.448 e. The van der Waals surface area contributed by atoms with E-state index < -0.39 is 4.92 Å². The number of halogens is 1. The van der Waals surface area contributed by atoms with E-state index in [1.54, 1.807) is 24.3 Å². The molecule has 2 rings (SSSR count). The fraction of sp³-hybridized carbons (Fsp3) is 0.167. The van der Waals surface area contributed by atoms with Gasteiger partial charge in [-0.2, -0.15) is 0 Å². The van der Waals surface area contributed by atoms with Crippen LogP contribution in [0.4, 0.5) is 5.69 Å². The lowest BCUT2D eigenvalue weighted by Crippen LogP contribution is -2.12. The van der Waals surface area contributed by atoms with Gasteiger partial charge in [-0.25, -0.2) is 0 Å². The fourth-order valence-corrected chi connectivity index (χ4v) is 1.72. The predicted molar refractivity (Wildman–Crippen MR) is 67.4 cm³/mol. The normalized spacial score (nSPS) is 10.5. The Kier molecular flexibility index (Phi) is 3.96. The van der Waals surface area contributed by atoms with Crippen molar-refractivity contribution in [1.29, 1.82) is 0 Å². The molecule has 1 heterocycles. The Labute approximate surface area is 109 Å². The highest BCUT2D eigenvalue weighted by Crippen LogP contribution is 2.14. The molecular weight excluding hydrogens is 256 g/mol. The first-order valence-corrected chi connectivity index (χ1v) is 5.71. The SMILES string of the molecule is O=[N+]([O-])c1cccc(CNCc2ccc(Cl)o2)c1. The van der Waals surface area contributed by atoms with Crippen LogP contribution in [0.15, 0.2) is 40.8 Å². The largest absolute Gasteiger partial charge is 0.448 e. The summed E-state index contributed by atoms with van der Waals surface area (Å²) in [5.74, 6) is 0.727. The summed E-state index contributed by atoms with van der Waals surface area (Å²) < 4.78 is 5.18. The van der Waals surface area contributed by atoms with Crippen LogP contribution in [0.25, 0.3) is 0 Å². The van der Waals surface area contributed by atoms with E-state index in [1.807, 2.05) is 6.07 Å². The third-order valence-corrected chi connectivity index (χ3v) is 2.58. The maximum absolute atomic E-state index is 10.6. The minimum atomic E-state index is -0.407. The van der Waals surface area contributed by atoms with Gasteiger partial charge in [0.05, 0.1) is 11.5 Å². The molecule has 94 valence electrons. The molecule has 0 aliphatic heterocycles. The molecule has 0 aliphatic rings. The number of furan rings is 1. The molecule has 0 bridgehead atoms. The summed E-state index contributed by atoms with van der Waals surface area (Å²) in [5, 5.41) is 14.1. The number of nitrogens with one attached hydrogen (secondary N) is 1. The number of nitro benzene ring substituents is 1. The quantitative estimate of drug-likeness (QED) is 0.667. The van der Waals surface area contributed by atoms with E-state index >= 15 is 0 Å². The van der Waals surface area contributed by atoms with Crippen molar-refractivity contribution in [2.24, 2.45) is 0 Å². The number of hydrogen-bond acceptors (Lipinski definition) is 4. The van der Waals surface area contributed by atoms with Gasteiger partial charge >= 0.3 is 0 Å². The predicted octanol–water partition coefficient (Wildman–Crippen LogP) is 3.13. The number of nitrogens with zero attached hydrogens (tertiary/aromatic N) is 1. The average Bonchev–Trinajstić information content (AvgIpc) is 2.75. The van der Waals surface area contributed by atoms with Crippen molar-refractivity contribution < 1.29 is 9.34 Å². The molecule has 0 spiro atoms.